The monoisotopic (exact) mass is 369 g/mol. The van der Waals surface area contributed by atoms with E-state index in [1.807, 2.05) is 36.4 Å². The fourth-order valence-corrected chi connectivity index (χ4v) is 3.10. The Kier molecular flexibility index (Phi) is 6.73. The average molecular weight is 369 g/mol. The smallest absolute Gasteiger partial charge is 0.191 e. The third-order valence-corrected chi connectivity index (χ3v) is 4.68. The Labute approximate surface area is 157 Å². The van der Waals surface area contributed by atoms with Gasteiger partial charge in [-0.1, -0.05) is 18.2 Å². The lowest BCUT2D eigenvalue weighted by Crippen LogP contribution is -2.37. The van der Waals surface area contributed by atoms with E-state index in [9.17, 15) is 0 Å². The lowest BCUT2D eigenvalue weighted by molar-refractivity contribution is 0.414. The van der Waals surface area contributed by atoms with Gasteiger partial charge in [0, 0.05) is 17.8 Å². The summed E-state index contributed by atoms with van der Waals surface area (Å²) < 4.78 is 10.7. The van der Waals surface area contributed by atoms with Crippen molar-refractivity contribution in [1.82, 2.24) is 10.6 Å². The second kappa shape index (κ2) is 9.68. The number of nitrogens with zero attached hydrogens (tertiary/aromatic N) is 1. The Morgan fingerprint density at radius 3 is 2.88 bits per heavy atom. The molecule has 0 spiro atoms. The highest BCUT2D eigenvalue weighted by Gasteiger charge is 2.02. The largest absolute Gasteiger partial charge is 0.497 e. The molecule has 0 radical (unpaired) electrons. The SMILES string of the molecule is COc1cccc(CN=C(NCCc2ccco2)NCc2cccs2)c1. The summed E-state index contributed by atoms with van der Waals surface area (Å²) in [5.74, 6) is 2.59. The molecule has 6 heteroatoms. The molecule has 2 heterocycles. The molecule has 0 aliphatic rings. The van der Waals surface area contributed by atoms with Gasteiger partial charge >= 0.3 is 0 Å². The minimum absolute atomic E-state index is 0.581. The molecular formula is C20H23N3O2S. The van der Waals surface area contributed by atoms with E-state index in [1.54, 1.807) is 24.7 Å². The number of rotatable bonds is 8. The van der Waals surface area contributed by atoms with Gasteiger partial charge in [0.1, 0.15) is 11.5 Å². The number of benzene rings is 1. The van der Waals surface area contributed by atoms with Gasteiger partial charge in [-0.3, -0.25) is 0 Å². The Balaban J connectivity index is 1.59. The maximum absolute atomic E-state index is 5.38. The fourth-order valence-electron chi connectivity index (χ4n) is 2.46. The third kappa shape index (κ3) is 5.67. The molecule has 5 nitrogen and oxygen atoms in total. The Bertz CT molecular complexity index is 798. The second-order valence-corrected chi connectivity index (χ2v) is 6.74. The molecule has 2 N–H and O–H groups in total. The molecule has 0 saturated carbocycles. The maximum Gasteiger partial charge on any atom is 0.191 e. The molecule has 26 heavy (non-hydrogen) atoms. The summed E-state index contributed by atoms with van der Waals surface area (Å²) in [7, 11) is 1.67. The van der Waals surface area contributed by atoms with E-state index < -0.39 is 0 Å². The first-order valence-electron chi connectivity index (χ1n) is 8.53. The molecule has 0 unspecified atom stereocenters. The molecule has 3 aromatic rings. The van der Waals surface area contributed by atoms with Crippen molar-refractivity contribution in [3.63, 3.8) is 0 Å². The third-order valence-electron chi connectivity index (χ3n) is 3.81. The molecule has 1 aromatic carbocycles. The zero-order valence-corrected chi connectivity index (χ0v) is 15.6. The summed E-state index contributed by atoms with van der Waals surface area (Å²) in [6.07, 6.45) is 2.51. The number of guanidine groups is 1. The van der Waals surface area contributed by atoms with Crippen molar-refractivity contribution in [1.29, 1.82) is 0 Å². The summed E-state index contributed by atoms with van der Waals surface area (Å²) in [4.78, 5) is 5.97. The van der Waals surface area contributed by atoms with Gasteiger partial charge in [-0.05, 0) is 41.3 Å². The normalized spacial score (nSPS) is 11.3. The van der Waals surface area contributed by atoms with E-state index in [1.165, 1.54) is 4.88 Å². The Morgan fingerprint density at radius 1 is 1.15 bits per heavy atom. The number of ether oxygens (including phenoxy) is 1. The number of aliphatic imine (C=N–C) groups is 1. The molecule has 0 saturated heterocycles. The molecule has 0 fully saturated rings. The van der Waals surface area contributed by atoms with Crippen LogP contribution in [-0.2, 0) is 19.5 Å². The van der Waals surface area contributed by atoms with Crippen LogP contribution in [0.5, 0.6) is 5.75 Å². The Hall–Kier alpha value is -2.73. The van der Waals surface area contributed by atoms with Gasteiger partial charge in [0.15, 0.2) is 5.96 Å². The van der Waals surface area contributed by atoms with Crippen molar-refractivity contribution >= 4 is 17.3 Å². The zero-order chi connectivity index (χ0) is 18.0. The molecule has 0 atom stereocenters. The lowest BCUT2D eigenvalue weighted by atomic mass is 10.2. The van der Waals surface area contributed by atoms with E-state index >= 15 is 0 Å². The maximum atomic E-state index is 5.38. The van der Waals surface area contributed by atoms with Crippen LogP contribution in [0.3, 0.4) is 0 Å². The first-order chi connectivity index (χ1) is 12.8. The van der Waals surface area contributed by atoms with Crippen LogP contribution in [0.2, 0.25) is 0 Å². The van der Waals surface area contributed by atoms with E-state index in [-0.39, 0.29) is 0 Å². The van der Waals surface area contributed by atoms with E-state index in [0.29, 0.717) is 6.54 Å². The first-order valence-corrected chi connectivity index (χ1v) is 9.41. The zero-order valence-electron chi connectivity index (χ0n) is 14.8. The molecular weight excluding hydrogens is 346 g/mol. The number of nitrogens with one attached hydrogen (secondary N) is 2. The summed E-state index contributed by atoms with van der Waals surface area (Å²) in [6, 6.07) is 16.0. The standard InChI is InChI=1S/C20H23N3O2S/c1-24-18-6-2-5-16(13-18)14-22-20(23-15-19-8-4-12-26-19)21-10-9-17-7-3-11-25-17/h2-8,11-13H,9-10,14-15H2,1H3,(H2,21,22,23). The van der Waals surface area contributed by atoms with Crippen LogP contribution in [0.25, 0.3) is 0 Å². The van der Waals surface area contributed by atoms with Gasteiger partial charge in [-0.15, -0.1) is 11.3 Å². The Morgan fingerprint density at radius 2 is 2.12 bits per heavy atom. The molecule has 136 valence electrons. The molecule has 0 aliphatic carbocycles. The molecule has 0 bridgehead atoms. The van der Waals surface area contributed by atoms with Gasteiger partial charge in [0.25, 0.3) is 0 Å². The highest BCUT2D eigenvalue weighted by molar-refractivity contribution is 7.09. The first kappa shape index (κ1) is 18.1. The summed E-state index contributed by atoms with van der Waals surface area (Å²) >= 11 is 1.73. The predicted molar refractivity (Wildman–Crippen MR) is 106 cm³/mol. The van der Waals surface area contributed by atoms with E-state index in [4.69, 9.17) is 14.1 Å². The summed E-state index contributed by atoms with van der Waals surface area (Å²) in [5, 5.41) is 8.84. The van der Waals surface area contributed by atoms with Gasteiger partial charge in [-0.25, -0.2) is 4.99 Å². The predicted octanol–water partition coefficient (Wildman–Crippen LogP) is 3.83. The molecule has 3 rings (SSSR count). The van der Waals surface area contributed by atoms with Crippen molar-refractivity contribution < 1.29 is 9.15 Å². The van der Waals surface area contributed by atoms with Gasteiger partial charge in [-0.2, -0.15) is 0 Å². The average Bonchev–Trinajstić information content (AvgIpc) is 3.37. The van der Waals surface area contributed by atoms with Crippen LogP contribution in [0, 0.1) is 0 Å². The molecule has 0 aliphatic heterocycles. The van der Waals surface area contributed by atoms with Crippen molar-refractivity contribution in [3.05, 3.63) is 76.4 Å². The number of furan rings is 1. The topological polar surface area (TPSA) is 58.8 Å². The van der Waals surface area contributed by atoms with Gasteiger partial charge in [0.2, 0.25) is 0 Å². The molecule has 0 amide bonds. The van der Waals surface area contributed by atoms with Crippen LogP contribution in [0.15, 0.2) is 69.6 Å². The van der Waals surface area contributed by atoms with Crippen LogP contribution in [0.1, 0.15) is 16.2 Å². The number of hydrogen-bond acceptors (Lipinski definition) is 4. The lowest BCUT2D eigenvalue weighted by Gasteiger charge is -2.12. The summed E-state index contributed by atoms with van der Waals surface area (Å²) in [6.45, 7) is 2.09. The van der Waals surface area contributed by atoms with Gasteiger partial charge < -0.3 is 19.8 Å². The minimum atomic E-state index is 0.581. The van der Waals surface area contributed by atoms with Crippen LogP contribution >= 0.6 is 11.3 Å². The van der Waals surface area contributed by atoms with Crippen molar-refractivity contribution in [2.45, 2.75) is 19.5 Å². The van der Waals surface area contributed by atoms with E-state index in [2.05, 4.69) is 28.1 Å². The van der Waals surface area contributed by atoms with E-state index in [0.717, 1.165) is 42.5 Å². The van der Waals surface area contributed by atoms with Crippen molar-refractivity contribution in [2.75, 3.05) is 13.7 Å². The quantitative estimate of drug-likeness (QED) is 0.468. The van der Waals surface area contributed by atoms with Gasteiger partial charge in [0.05, 0.1) is 26.5 Å². The van der Waals surface area contributed by atoms with Crippen molar-refractivity contribution in [3.8, 4) is 5.75 Å². The van der Waals surface area contributed by atoms with Crippen LogP contribution < -0.4 is 15.4 Å². The second-order valence-electron chi connectivity index (χ2n) is 5.71. The highest BCUT2D eigenvalue weighted by atomic mass is 32.1. The number of hydrogen-bond donors (Lipinski definition) is 2. The fraction of sp³-hybridized carbons (Fsp3) is 0.250. The van der Waals surface area contributed by atoms with Crippen LogP contribution in [-0.4, -0.2) is 19.6 Å². The number of thiophene rings is 1. The van der Waals surface area contributed by atoms with Crippen LogP contribution in [0.4, 0.5) is 0 Å². The number of methoxy groups -OCH3 is 1. The summed E-state index contributed by atoms with van der Waals surface area (Å²) in [5.41, 5.74) is 1.10. The highest BCUT2D eigenvalue weighted by Crippen LogP contribution is 2.13. The molecule has 2 aromatic heterocycles. The minimum Gasteiger partial charge on any atom is -0.497 e. The van der Waals surface area contributed by atoms with Crippen molar-refractivity contribution in [2.24, 2.45) is 4.99 Å².